The van der Waals surface area contributed by atoms with Gasteiger partial charge < -0.3 is 15.2 Å². The molecule has 0 unspecified atom stereocenters. The van der Waals surface area contributed by atoms with E-state index in [0.717, 1.165) is 0 Å². The van der Waals surface area contributed by atoms with Crippen molar-refractivity contribution in [2.24, 2.45) is 16.6 Å². The Morgan fingerprint density at radius 3 is 1.60 bits per heavy atom. The Morgan fingerprint density at radius 1 is 0.840 bits per heavy atom. The molecule has 2 N–H and O–H groups in total. The van der Waals surface area contributed by atoms with Crippen molar-refractivity contribution in [3.05, 3.63) is 41.5 Å². The van der Waals surface area contributed by atoms with Crippen LogP contribution in [0.15, 0.2) is 35.9 Å². The molecule has 0 bridgehead atoms. The van der Waals surface area contributed by atoms with Crippen LogP contribution >= 0.6 is 0 Å². The lowest BCUT2D eigenvalue weighted by Crippen LogP contribution is -2.27. The highest BCUT2D eigenvalue weighted by Gasteiger charge is 2.28. The molecule has 5 nitrogen and oxygen atoms in total. The molecule has 0 aliphatic rings. The maximum absolute atomic E-state index is 12.5. The minimum Gasteiger partial charge on any atom is -0.461 e. The third-order valence-corrected chi connectivity index (χ3v) is 3.03. The molecular weight excluding hydrogens is 318 g/mol. The highest BCUT2D eigenvalue weighted by Crippen LogP contribution is 2.20. The summed E-state index contributed by atoms with van der Waals surface area (Å²) in [5, 5.41) is 0. The molecule has 0 radical (unpaired) electrons. The van der Waals surface area contributed by atoms with E-state index in [0.29, 0.717) is 5.56 Å². The molecule has 1 rings (SSSR count). The lowest BCUT2D eigenvalue weighted by molar-refractivity contribution is -0.149. The summed E-state index contributed by atoms with van der Waals surface area (Å²) in [4.78, 5) is 25.0. The van der Waals surface area contributed by atoms with E-state index in [1.165, 1.54) is 0 Å². The van der Waals surface area contributed by atoms with Crippen LogP contribution in [-0.4, -0.2) is 25.2 Å². The van der Waals surface area contributed by atoms with Crippen molar-refractivity contribution < 1.29 is 19.1 Å². The van der Waals surface area contributed by atoms with E-state index in [-0.39, 0.29) is 35.3 Å². The van der Waals surface area contributed by atoms with Gasteiger partial charge in [0.1, 0.15) is 0 Å². The number of rotatable bonds is 5. The average Bonchev–Trinajstić information content (AvgIpc) is 2.50. The maximum Gasteiger partial charge on any atom is 0.347 e. The maximum atomic E-state index is 12.5. The van der Waals surface area contributed by atoms with Gasteiger partial charge in [0.15, 0.2) is 5.57 Å². The van der Waals surface area contributed by atoms with Gasteiger partial charge in [0.25, 0.3) is 0 Å². The number of carbonyl (C=O) groups excluding carboxylic acids is 2. The molecule has 5 heteroatoms. The van der Waals surface area contributed by atoms with Gasteiger partial charge in [-0.2, -0.15) is 0 Å². The molecule has 0 aliphatic heterocycles. The number of carbonyl (C=O) groups is 2. The minimum absolute atomic E-state index is 0.0541. The molecule has 1 aromatic rings. The van der Waals surface area contributed by atoms with E-state index < -0.39 is 11.9 Å². The first-order valence-electron chi connectivity index (χ1n) is 8.30. The predicted octanol–water partition coefficient (Wildman–Crippen LogP) is 3.54. The van der Waals surface area contributed by atoms with Crippen LogP contribution in [-0.2, 0) is 19.1 Å². The Kier molecular flexibility index (Phi) is 6.79. The zero-order valence-corrected chi connectivity index (χ0v) is 16.0. The van der Waals surface area contributed by atoms with E-state index in [2.05, 4.69) is 0 Å². The van der Waals surface area contributed by atoms with E-state index in [9.17, 15) is 9.59 Å². The standard InChI is InChI=1S/C20H29NO4/c1-19(2,3)12-24-17(22)15(18(23)25-13-20(4,5)6)16(21)14-10-8-7-9-11-14/h7-11H,12-13,21H2,1-6H3. The Morgan fingerprint density at radius 2 is 1.24 bits per heavy atom. The summed E-state index contributed by atoms with van der Waals surface area (Å²) in [6, 6.07) is 8.83. The molecule has 0 aromatic heterocycles. The third-order valence-electron chi connectivity index (χ3n) is 3.03. The average molecular weight is 347 g/mol. The van der Waals surface area contributed by atoms with Crippen LogP contribution in [0.1, 0.15) is 47.1 Å². The Balaban J connectivity index is 3.14. The summed E-state index contributed by atoms with van der Waals surface area (Å²) < 4.78 is 10.6. The molecule has 0 amide bonds. The van der Waals surface area contributed by atoms with Gasteiger partial charge in [0.2, 0.25) is 0 Å². The highest BCUT2D eigenvalue weighted by atomic mass is 16.6. The Hall–Kier alpha value is -2.30. The largest absolute Gasteiger partial charge is 0.461 e. The smallest absolute Gasteiger partial charge is 0.347 e. The van der Waals surface area contributed by atoms with Crippen LogP contribution in [0.4, 0.5) is 0 Å². The van der Waals surface area contributed by atoms with Crippen molar-refractivity contribution in [2.75, 3.05) is 13.2 Å². The zero-order chi connectivity index (χ0) is 19.3. The Labute approximate surface area is 150 Å². The summed E-state index contributed by atoms with van der Waals surface area (Å²) in [5.74, 6) is -1.54. The normalized spacial score (nSPS) is 11.6. The monoisotopic (exact) mass is 347 g/mol. The summed E-state index contributed by atoms with van der Waals surface area (Å²) in [7, 11) is 0. The zero-order valence-electron chi connectivity index (χ0n) is 16.0. The number of hydrogen-bond acceptors (Lipinski definition) is 5. The van der Waals surface area contributed by atoms with Gasteiger partial charge in [0, 0.05) is 0 Å². The van der Waals surface area contributed by atoms with Crippen molar-refractivity contribution >= 4 is 17.6 Å². The first-order chi connectivity index (χ1) is 11.4. The molecule has 0 heterocycles. The van der Waals surface area contributed by atoms with Crippen LogP contribution in [0, 0.1) is 10.8 Å². The summed E-state index contributed by atoms with van der Waals surface area (Å²) >= 11 is 0. The highest BCUT2D eigenvalue weighted by molar-refractivity contribution is 6.19. The van der Waals surface area contributed by atoms with Crippen molar-refractivity contribution in [2.45, 2.75) is 41.5 Å². The van der Waals surface area contributed by atoms with Crippen molar-refractivity contribution in [1.29, 1.82) is 0 Å². The Bertz CT molecular complexity index is 602. The molecule has 138 valence electrons. The molecule has 0 atom stereocenters. The number of esters is 2. The molecule has 1 aromatic carbocycles. The molecule has 0 fully saturated rings. The van der Waals surface area contributed by atoms with Gasteiger partial charge in [0.05, 0.1) is 18.9 Å². The molecule has 0 spiro atoms. The summed E-state index contributed by atoms with van der Waals surface area (Å²) in [6.07, 6.45) is 0. The molecule has 0 aliphatic carbocycles. The quantitative estimate of drug-likeness (QED) is 0.381. The third kappa shape index (κ3) is 7.42. The lowest BCUT2D eigenvalue weighted by atomic mass is 9.98. The van der Waals surface area contributed by atoms with Crippen LogP contribution in [0.3, 0.4) is 0 Å². The van der Waals surface area contributed by atoms with Crippen molar-refractivity contribution in [3.63, 3.8) is 0 Å². The topological polar surface area (TPSA) is 78.6 Å². The second kappa shape index (κ2) is 8.19. The van der Waals surface area contributed by atoms with Gasteiger partial charge in [-0.05, 0) is 16.4 Å². The summed E-state index contributed by atoms with van der Waals surface area (Å²) in [6.45, 7) is 11.9. The van der Waals surface area contributed by atoms with E-state index >= 15 is 0 Å². The van der Waals surface area contributed by atoms with Crippen LogP contribution in [0.2, 0.25) is 0 Å². The fourth-order valence-electron chi connectivity index (χ4n) is 1.77. The van der Waals surface area contributed by atoms with Crippen molar-refractivity contribution in [1.82, 2.24) is 0 Å². The molecule has 0 saturated heterocycles. The fraction of sp³-hybridized carbons (Fsp3) is 0.500. The number of hydrogen-bond donors (Lipinski definition) is 1. The summed E-state index contributed by atoms with van der Waals surface area (Å²) in [5.41, 5.74) is 6.01. The molecular formula is C20H29NO4. The minimum atomic E-state index is -0.768. The predicted molar refractivity (Wildman–Crippen MR) is 98.4 cm³/mol. The van der Waals surface area contributed by atoms with Crippen LogP contribution in [0.25, 0.3) is 5.70 Å². The fourth-order valence-corrected chi connectivity index (χ4v) is 1.77. The van der Waals surface area contributed by atoms with Crippen LogP contribution in [0.5, 0.6) is 0 Å². The van der Waals surface area contributed by atoms with Gasteiger partial charge in [-0.1, -0.05) is 71.9 Å². The van der Waals surface area contributed by atoms with Gasteiger partial charge >= 0.3 is 11.9 Å². The van der Waals surface area contributed by atoms with E-state index in [1.54, 1.807) is 24.3 Å². The van der Waals surface area contributed by atoms with Gasteiger partial charge in [-0.25, -0.2) is 9.59 Å². The SMILES string of the molecule is CC(C)(C)COC(=O)C(C(=O)OCC(C)(C)C)=C(N)c1ccccc1. The second-order valence-corrected chi connectivity index (χ2v) is 8.43. The van der Waals surface area contributed by atoms with E-state index in [1.807, 2.05) is 47.6 Å². The number of benzene rings is 1. The first kappa shape index (κ1) is 20.7. The van der Waals surface area contributed by atoms with Crippen LogP contribution < -0.4 is 5.73 Å². The molecule has 0 saturated carbocycles. The van der Waals surface area contributed by atoms with Crippen molar-refractivity contribution in [3.8, 4) is 0 Å². The second-order valence-electron chi connectivity index (χ2n) is 8.43. The van der Waals surface area contributed by atoms with Gasteiger partial charge in [-0.3, -0.25) is 0 Å². The van der Waals surface area contributed by atoms with Gasteiger partial charge in [-0.15, -0.1) is 0 Å². The number of ether oxygens (including phenoxy) is 2. The first-order valence-corrected chi connectivity index (χ1v) is 8.30. The number of nitrogens with two attached hydrogens (primary N) is 1. The lowest BCUT2D eigenvalue weighted by Gasteiger charge is -2.21. The van der Waals surface area contributed by atoms with E-state index in [4.69, 9.17) is 15.2 Å². The molecule has 25 heavy (non-hydrogen) atoms.